The van der Waals surface area contributed by atoms with Crippen LogP contribution in [0.15, 0.2) is 6.20 Å². The van der Waals surface area contributed by atoms with Gasteiger partial charge >= 0.3 is 0 Å². The Labute approximate surface area is 144 Å². The Hall–Kier alpha value is -1.53. The molecular formula is C18H28N4O2. The van der Waals surface area contributed by atoms with E-state index in [2.05, 4.69) is 35.6 Å². The molecule has 2 atom stereocenters. The van der Waals surface area contributed by atoms with E-state index in [9.17, 15) is 4.79 Å². The zero-order valence-corrected chi connectivity index (χ0v) is 15.2. The molecule has 2 aliphatic rings. The van der Waals surface area contributed by atoms with Crippen molar-refractivity contribution >= 4 is 5.91 Å². The number of hydrogen-bond acceptors (Lipinski definition) is 5. The van der Waals surface area contributed by atoms with E-state index in [-0.39, 0.29) is 11.8 Å². The maximum Gasteiger partial charge on any atom is 0.257 e. The normalized spacial score (nSPS) is 25.5. The molecule has 1 aromatic heterocycles. The minimum absolute atomic E-state index is 0.0707. The highest BCUT2D eigenvalue weighted by Gasteiger charge is 2.37. The number of rotatable bonds is 3. The van der Waals surface area contributed by atoms with E-state index in [1.807, 2.05) is 11.8 Å². The van der Waals surface area contributed by atoms with Crippen molar-refractivity contribution in [2.75, 3.05) is 39.4 Å². The molecular weight excluding hydrogens is 304 g/mol. The molecule has 1 amide bonds. The third-order valence-corrected chi connectivity index (χ3v) is 5.09. The van der Waals surface area contributed by atoms with Gasteiger partial charge in [0.05, 0.1) is 24.5 Å². The molecule has 2 fully saturated rings. The smallest absolute Gasteiger partial charge is 0.257 e. The number of aromatic nitrogens is 2. The lowest BCUT2D eigenvalue weighted by Crippen LogP contribution is -2.47. The summed E-state index contributed by atoms with van der Waals surface area (Å²) in [7, 11) is 0. The highest BCUT2D eigenvalue weighted by atomic mass is 16.5. The number of aryl methyl sites for hydroxylation is 1. The number of nitrogens with zero attached hydrogens (tertiary/aromatic N) is 4. The van der Waals surface area contributed by atoms with E-state index in [1.54, 1.807) is 6.20 Å². The van der Waals surface area contributed by atoms with Crippen molar-refractivity contribution < 1.29 is 9.53 Å². The Morgan fingerprint density at radius 3 is 2.67 bits per heavy atom. The van der Waals surface area contributed by atoms with E-state index < -0.39 is 0 Å². The Kier molecular flexibility index (Phi) is 5.15. The fourth-order valence-electron chi connectivity index (χ4n) is 3.76. The summed E-state index contributed by atoms with van der Waals surface area (Å²) >= 11 is 0. The number of morpholine rings is 1. The minimum Gasteiger partial charge on any atom is -0.379 e. The van der Waals surface area contributed by atoms with Crippen molar-refractivity contribution in [3.05, 3.63) is 23.3 Å². The van der Waals surface area contributed by atoms with Gasteiger partial charge in [0.1, 0.15) is 5.82 Å². The van der Waals surface area contributed by atoms with Crippen molar-refractivity contribution in [2.24, 2.45) is 5.92 Å². The van der Waals surface area contributed by atoms with Crippen LogP contribution in [-0.4, -0.2) is 71.1 Å². The Balaban J connectivity index is 1.76. The van der Waals surface area contributed by atoms with Crippen LogP contribution in [0.4, 0.5) is 0 Å². The van der Waals surface area contributed by atoms with Gasteiger partial charge in [0, 0.05) is 38.4 Å². The van der Waals surface area contributed by atoms with Crippen LogP contribution >= 0.6 is 0 Å². The third-order valence-electron chi connectivity index (χ3n) is 5.09. The first-order valence-electron chi connectivity index (χ1n) is 8.92. The van der Waals surface area contributed by atoms with Gasteiger partial charge in [0.2, 0.25) is 0 Å². The molecule has 2 saturated heterocycles. The molecule has 0 saturated carbocycles. The molecule has 0 unspecified atom stereocenters. The highest BCUT2D eigenvalue weighted by Crippen LogP contribution is 2.26. The molecule has 2 aliphatic heterocycles. The van der Waals surface area contributed by atoms with Crippen LogP contribution in [0.1, 0.15) is 48.6 Å². The highest BCUT2D eigenvalue weighted by molar-refractivity contribution is 5.95. The van der Waals surface area contributed by atoms with Gasteiger partial charge in [-0.2, -0.15) is 0 Å². The molecule has 0 aromatic carbocycles. The molecule has 3 heterocycles. The van der Waals surface area contributed by atoms with Crippen LogP contribution in [0, 0.1) is 12.8 Å². The number of amides is 1. The molecule has 132 valence electrons. The summed E-state index contributed by atoms with van der Waals surface area (Å²) in [5.41, 5.74) is 1.51. The average molecular weight is 332 g/mol. The Morgan fingerprint density at radius 1 is 1.29 bits per heavy atom. The van der Waals surface area contributed by atoms with Crippen LogP contribution in [0.3, 0.4) is 0 Å². The van der Waals surface area contributed by atoms with E-state index in [1.165, 1.54) is 0 Å². The number of carbonyl (C=O) groups excluding carboxylic acids is 1. The number of hydrogen-bond donors (Lipinski definition) is 0. The first kappa shape index (κ1) is 17.3. The van der Waals surface area contributed by atoms with Crippen molar-refractivity contribution in [2.45, 2.75) is 39.7 Å². The van der Waals surface area contributed by atoms with E-state index in [0.29, 0.717) is 17.5 Å². The topological polar surface area (TPSA) is 58.6 Å². The zero-order valence-electron chi connectivity index (χ0n) is 15.2. The van der Waals surface area contributed by atoms with E-state index >= 15 is 0 Å². The predicted octanol–water partition coefficient (Wildman–Crippen LogP) is 1.70. The van der Waals surface area contributed by atoms with Gasteiger partial charge < -0.3 is 9.64 Å². The minimum atomic E-state index is 0.0707. The van der Waals surface area contributed by atoms with Crippen LogP contribution in [0.25, 0.3) is 0 Å². The van der Waals surface area contributed by atoms with Gasteiger partial charge in [-0.1, -0.05) is 20.8 Å². The van der Waals surface area contributed by atoms with Crippen molar-refractivity contribution in [1.82, 2.24) is 19.8 Å². The second-order valence-corrected chi connectivity index (χ2v) is 7.27. The number of likely N-dealkylation sites (tertiary alicyclic amines) is 1. The fraction of sp³-hybridized carbons (Fsp3) is 0.722. The molecule has 0 spiro atoms. The number of ether oxygens (including phenoxy) is 1. The molecule has 0 radical (unpaired) electrons. The van der Waals surface area contributed by atoms with E-state index in [4.69, 9.17) is 4.74 Å². The Morgan fingerprint density at radius 2 is 2.00 bits per heavy atom. The molecule has 6 heteroatoms. The first-order chi connectivity index (χ1) is 11.5. The molecule has 6 nitrogen and oxygen atoms in total. The third kappa shape index (κ3) is 3.44. The van der Waals surface area contributed by atoms with Crippen LogP contribution in [0.2, 0.25) is 0 Å². The summed E-state index contributed by atoms with van der Waals surface area (Å²) in [6, 6.07) is 0.423. The predicted molar refractivity (Wildman–Crippen MR) is 92.1 cm³/mol. The summed E-state index contributed by atoms with van der Waals surface area (Å²) in [4.78, 5) is 26.3. The second-order valence-electron chi connectivity index (χ2n) is 7.27. The molecule has 3 rings (SSSR count). The standard InChI is InChI=1S/C18H28N4O2/c1-12(2)17-15(9-19-14(4)20-17)18(23)22-10-13(3)16(11-22)21-5-7-24-8-6-21/h9,12-13,16H,5-8,10-11H2,1-4H3/t13-,16+/m0/s1. The molecule has 24 heavy (non-hydrogen) atoms. The molecule has 1 aromatic rings. The lowest BCUT2D eigenvalue weighted by atomic mass is 10.0. The summed E-state index contributed by atoms with van der Waals surface area (Å²) in [5.74, 6) is 1.47. The van der Waals surface area contributed by atoms with Crippen molar-refractivity contribution in [3.63, 3.8) is 0 Å². The van der Waals surface area contributed by atoms with Crippen LogP contribution in [-0.2, 0) is 4.74 Å². The summed E-state index contributed by atoms with van der Waals surface area (Å²) in [5, 5.41) is 0. The molecule has 0 bridgehead atoms. The Bertz CT molecular complexity index is 599. The largest absolute Gasteiger partial charge is 0.379 e. The maximum absolute atomic E-state index is 13.1. The monoisotopic (exact) mass is 332 g/mol. The van der Waals surface area contributed by atoms with Crippen LogP contribution in [0.5, 0.6) is 0 Å². The van der Waals surface area contributed by atoms with Crippen molar-refractivity contribution in [1.29, 1.82) is 0 Å². The second kappa shape index (κ2) is 7.15. The molecule has 0 N–H and O–H groups in total. The fourth-order valence-corrected chi connectivity index (χ4v) is 3.76. The molecule has 0 aliphatic carbocycles. The zero-order chi connectivity index (χ0) is 17.3. The van der Waals surface area contributed by atoms with Crippen LogP contribution < -0.4 is 0 Å². The van der Waals surface area contributed by atoms with Gasteiger partial charge in [-0.15, -0.1) is 0 Å². The summed E-state index contributed by atoms with van der Waals surface area (Å²) in [6.45, 7) is 13.3. The summed E-state index contributed by atoms with van der Waals surface area (Å²) in [6.07, 6.45) is 1.70. The van der Waals surface area contributed by atoms with Gasteiger partial charge in [0.25, 0.3) is 5.91 Å². The number of carbonyl (C=O) groups is 1. The van der Waals surface area contributed by atoms with Gasteiger partial charge in [-0.05, 0) is 18.8 Å². The maximum atomic E-state index is 13.1. The van der Waals surface area contributed by atoms with Gasteiger partial charge in [-0.25, -0.2) is 9.97 Å². The van der Waals surface area contributed by atoms with Crippen molar-refractivity contribution in [3.8, 4) is 0 Å². The SMILES string of the molecule is Cc1ncc(C(=O)N2C[C@@H](N3CCOCC3)[C@@H](C)C2)c(C(C)C)n1. The van der Waals surface area contributed by atoms with Gasteiger partial charge in [0.15, 0.2) is 0 Å². The van der Waals surface area contributed by atoms with Gasteiger partial charge in [-0.3, -0.25) is 9.69 Å². The first-order valence-corrected chi connectivity index (χ1v) is 8.92. The lowest BCUT2D eigenvalue weighted by Gasteiger charge is -2.34. The summed E-state index contributed by atoms with van der Waals surface area (Å²) < 4.78 is 5.45. The average Bonchev–Trinajstić information content (AvgIpc) is 2.96. The van der Waals surface area contributed by atoms with E-state index in [0.717, 1.165) is 50.9 Å². The lowest BCUT2D eigenvalue weighted by molar-refractivity contribution is 0.0119. The quantitative estimate of drug-likeness (QED) is 0.843.